The Morgan fingerprint density at radius 1 is 0.532 bits per heavy atom. The first-order valence-electron chi connectivity index (χ1n) is 29.3. The van der Waals surface area contributed by atoms with Crippen LogP contribution in [0.5, 0.6) is 0 Å². The number of likely N-dealkylation sites (tertiary alicyclic amines) is 2. The van der Waals surface area contributed by atoms with E-state index in [9.17, 15) is 28.8 Å². The Balaban J connectivity index is 1.03. The van der Waals surface area contributed by atoms with Gasteiger partial charge >= 0.3 is 0 Å². The third-order valence-corrected chi connectivity index (χ3v) is 17.8. The zero-order valence-electron chi connectivity index (χ0n) is 46.9. The van der Waals surface area contributed by atoms with E-state index < -0.39 is 18.1 Å². The summed E-state index contributed by atoms with van der Waals surface area (Å²) in [6.07, 6.45) is 13.0. The highest BCUT2D eigenvalue weighted by Crippen LogP contribution is 2.34. The normalized spacial score (nSPS) is 21.4. The van der Waals surface area contributed by atoms with E-state index in [-0.39, 0.29) is 77.1 Å². The maximum atomic E-state index is 15.0. The highest BCUT2D eigenvalue weighted by molar-refractivity contribution is 6.02. The Kier molecular flexibility index (Phi) is 20.0. The standard InChI is InChI=1S/C64H87N7O6/c1-43(2)59(72)66-57(49-23-15-9-16-24-49)63(76)70-37-31-44(3)55(70)41-68(35-33-47-19-11-7-12-20-47)61(74)53-29-27-52-40-54(30-28-51(52)39-53)62(75)69(36-34-48-21-13-8-14-22-48)42-56-45(4)32-38-71(56)64(77)58(50-25-17-10-18-26-50)67-60(73)46(5)65-6/h7-8,11-14,19-22,27-30,39-40,43-46,49-50,55-58,65H,9-10,15-18,23-26,31-38,41-42H2,1-6H3,(H,66,72)(H,67,73)/t44-,45-,46-,55+,56+,57-,58-/m0/s1. The van der Waals surface area contributed by atoms with E-state index in [2.05, 4.69) is 54.1 Å². The lowest BCUT2D eigenvalue weighted by Gasteiger charge is -2.38. The molecule has 3 N–H and O–H groups in total. The second-order valence-electron chi connectivity index (χ2n) is 23.4. The number of amides is 6. The minimum atomic E-state index is -0.619. The first kappa shape index (κ1) is 57.1. The Morgan fingerprint density at radius 3 is 1.32 bits per heavy atom. The van der Waals surface area contributed by atoms with Crippen LogP contribution in [0.2, 0.25) is 0 Å². The van der Waals surface area contributed by atoms with Crippen LogP contribution in [0.15, 0.2) is 97.1 Å². The Morgan fingerprint density at radius 2 is 0.935 bits per heavy atom. The van der Waals surface area contributed by atoms with E-state index in [0.29, 0.717) is 63.2 Å². The molecule has 0 bridgehead atoms. The molecule has 13 nitrogen and oxygen atoms in total. The van der Waals surface area contributed by atoms with Crippen molar-refractivity contribution in [2.24, 2.45) is 29.6 Å². The first-order chi connectivity index (χ1) is 37.2. The van der Waals surface area contributed by atoms with Crippen molar-refractivity contribution in [3.63, 3.8) is 0 Å². The summed E-state index contributed by atoms with van der Waals surface area (Å²) in [5.41, 5.74) is 3.30. The number of carbonyl (C=O) groups is 6. The van der Waals surface area contributed by atoms with Crippen LogP contribution in [-0.2, 0) is 32.0 Å². The highest BCUT2D eigenvalue weighted by Gasteiger charge is 2.44. The van der Waals surface area contributed by atoms with Crippen LogP contribution in [0.1, 0.15) is 144 Å². The van der Waals surface area contributed by atoms with Gasteiger partial charge in [0.2, 0.25) is 23.6 Å². The summed E-state index contributed by atoms with van der Waals surface area (Å²) in [4.78, 5) is 93.9. The second-order valence-corrected chi connectivity index (χ2v) is 23.4. The van der Waals surface area contributed by atoms with Gasteiger partial charge in [-0.05, 0) is 135 Å². The van der Waals surface area contributed by atoms with Gasteiger partial charge in [-0.25, -0.2) is 0 Å². The van der Waals surface area contributed by atoms with Gasteiger partial charge in [-0.15, -0.1) is 0 Å². The molecule has 0 radical (unpaired) electrons. The lowest BCUT2D eigenvalue weighted by atomic mass is 9.83. The third kappa shape index (κ3) is 14.4. The van der Waals surface area contributed by atoms with Gasteiger partial charge in [0, 0.05) is 56.3 Å². The second kappa shape index (κ2) is 27.0. The van der Waals surface area contributed by atoms with E-state index in [0.717, 1.165) is 98.9 Å². The molecule has 2 saturated carbocycles. The van der Waals surface area contributed by atoms with E-state index in [1.165, 1.54) is 0 Å². The van der Waals surface area contributed by atoms with Crippen molar-refractivity contribution >= 4 is 46.2 Å². The fraction of sp³-hybridized carbons (Fsp3) is 0.562. The van der Waals surface area contributed by atoms with E-state index >= 15 is 0 Å². The number of nitrogens with one attached hydrogen (secondary N) is 3. The van der Waals surface area contributed by atoms with Crippen molar-refractivity contribution in [3.05, 3.63) is 119 Å². The van der Waals surface area contributed by atoms with Gasteiger partial charge < -0.3 is 35.6 Å². The molecule has 2 aliphatic heterocycles. The molecule has 8 rings (SSSR count). The summed E-state index contributed by atoms with van der Waals surface area (Å²) in [7, 11) is 1.75. The molecule has 0 unspecified atom stereocenters. The number of nitrogens with zero attached hydrogens (tertiary/aromatic N) is 4. The monoisotopic (exact) mass is 1050 g/mol. The Labute approximate surface area is 458 Å². The summed E-state index contributed by atoms with van der Waals surface area (Å²) in [5, 5.41) is 11.0. The smallest absolute Gasteiger partial charge is 0.253 e. The number of benzene rings is 4. The molecule has 4 aromatic carbocycles. The van der Waals surface area contributed by atoms with Crippen molar-refractivity contribution in [1.82, 2.24) is 35.6 Å². The van der Waals surface area contributed by atoms with Gasteiger partial charge in [0.1, 0.15) is 12.1 Å². The summed E-state index contributed by atoms with van der Waals surface area (Å²) in [6, 6.07) is 29.6. The molecule has 4 fully saturated rings. The maximum absolute atomic E-state index is 15.0. The van der Waals surface area contributed by atoms with Crippen LogP contribution >= 0.6 is 0 Å². The largest absolute Gasteiger partial charge is 0.344 e. The number of hydrogen-bond donors (Lipinski definition) is 3. The van der Waals surface area contributed by atoms with Crippen molar-refractivity contribution in [2.45, 2.75) is 155 Å². The van der Waals surface area contributed by atoms with Crippen molar-refractivity contribution in [2.75, 3.05) is 46.3 Å². The number of rotatable bonds is 21. The van der Waals surface area contributed by atoms with Gasteiger partial charge in [0.25, 0.3) is 11.8 Å². The van der Waals surface area contributed by atoms with Crippen molar-refractivity contribution in [3.8, 4) is 0 Å². The van der Waals surface area contributed by atoms with Crippen molar-refractivity contribution in [1.29, 1.82) is 0 Å². The molecule has 4 aliphatic rings. The molecule has 77 heavy (non-hydrogen) atoms. The third-order valence-electron chi connectivity index (χ3n) is 17.8. The molecule has 6 amide bonds. The van der Waals surface area contributed by atoms with Crippen molar-refractivity contribution < 1.29 is 28.8 Å². The predicted octanol–water partition coefficient (Wildman–Crippen LogP) is 9.08. The van der Waals surface area contributed by atoms with E-state index in [1.807, 2.05) is 113 Å². The van der Waals surface area contributed by atoms with Gasteiger partial charge in [0.15, 0.2) is 0 Å². The summed E-state index contributed by atoms with van der Waals surface area (Å²) in [6.45, 7) is 12.7. The van der Waals surface area contributed by atoms with E-state index in [1.54, 1.807) is 7.05 Å². The molecule has 2 saturated heterocycles. The lowest BCUT2D eigenvalue weighted by molar-refractivity contribution is -0.140. The predicted molar refractivity (Wildman–Crippen MR) is 305 cm³/mol. The average Bonchev–Trinajstić information content (AvgIpc) is 4.03. The lowest BCUT2D eigenvalue weighted by Crippen LogP contribution is -2.58. The summed E-state index contributed by atoms with van der Waals surface area (Å²) < 4.78 is 0. The van der Waals surface area contributed by atoms with Crippen LogP contribution in [0.4, 0.5) is 0 Å². The molecule has 4 aromatic rings. The SMILES string of the molecule is CN[C@@H](C)C(=O)N[C@H](C(=O)N1CC[C@H](C)[C@H]1CN(CCc1ccccc1)C(=O)c1ccc2cc(C(=O)N(CCc3ccccc3)C[C@@H]3[C@@H](C)CCN3C(=O)[C@@H](NC(=O)C(C)C)C3CCCCC3)ccc2c1)C1CCCCC1. The highest BCUT2D eigenvalue weighted by atomic mass is 16.2. The van der Waals surface area contributed by atoms with Crippen LogP contribution in [0.25, 0.3) is 10.8 Å². The molecule has 7 atom stereocenters. The van der Waals surface area contributed by atoms with Crippen LogP contribution in [0, 0.1) is 29.6 Å². The maximum Gasteiger partial charge on any atom is 0.253 e. The first-order valence-corrected chi connectivity index (χ1v) is 29.3. The van der Waals surface area contributed by atoms with Gasteiger partial charge in [0.05, 0.1) is 18.1 Å². The molecule has 0 spiro atoms. The molecule has 0 aromatic heterocycles. The summed E-state index contributed by atoms with van der Waals surface area (Å²) >= 11 is 0. The zero-order chi connectivity index (χ0) is 54.6. The van der Waals surface area contributed by atoms with Crippen LogP contribution in [0.3, 0.4) is 0 Å². The summed E-state index contributed by atoms with van der Waals surface area (Å²) in [5.74, 6) is -0.404. The Hall–Kier alpha value is -6.08. The van der Waals surface area contributed by atoms with Crippen LogP contribution in [-0.4, -0.2) is 132 Å². The number of hydrogen-bond acceptors (Lipinski definition) is 7. The topological polar surface area (TPSA) is 151 Å². The van der Waals surface area contributed by atoms with Crippen LogP contribution < -0.4 is 16.0 Å². The quantitative estimate of drug-likeness (QED) is 0.0754. The Bertz CT molecular complexity index is 2630. The molecule has 13 heteroatoms. The molecule has 414 valence electrons. The molecule has 2 aliphatic carbocycles. The fourth-order valence-corrected chi connectivity index (χ4v) is 12.6. The average molecular weight is 1050 g/mol. The number of likely N-dealkylation sites (N-methyl/N-ethyl adjacent to an activating group) is 1. The molecular weight excluding hydrogens is 963 g/mol. The molecular formula is C64H87N7O6. The fourth-order valence-electron chi connectivity index (χ4n) is 12.6. The van der Waals surface area contributed by atoms with E-state index in [4.69, 9.17) is 0 Å². The minimum absolute atomic E-state index is 0.0299. The minimum Gasteiger partial charge on any atom is -0.344 e. The van der Waals surface area contributed by atoms with Gasteiger partial charge in [-0.2, -0.15) is 0 Å². The number of fused-ring (bicyclic) bond motifs is 1. The zero-order valence-corrected chi connectivity index (χ0v) is 46.9. The molecule has 2 heterocycles. The number of carbonyl (C=O) groups excluding carboxylic acids is 6. The van der Waals surface area contributed by atoms with Gasteiger partial charge in [-0.3, -0.25) is 28.8 Å². The van der Waals surface area contributed by atoms with Gasteiger partial charge in [-0.1, -0.05) is 139 Å².